The van der Waals surface area contributed by atoms with Crippen molar-refractivity contribution in [3.63, 3.8) is 0 Å². The molecular formula is C15H21N3O2. The largest absolute Gasteiger partial charge is 0.497 e. The van der Waals surface area contributed by atoms with Gasteiger partial charge in [-0.1, -0.05) is 0 Å². The number of carbonyl (C=O) groups excluding carboxylic acids is 1. The van der Waals surface area contributed by atoms with Crippen LogP contribution >= 0.6 is 0 Å². The predicted octanol–water partition coefficient (Wildman–Crippen LogP) is 0.637. The van der Waals surface area contributed by atoms with Gasteiger partial charge in [0.1, 0.15) is 5.75 Å². The van der Waals surface area contributed by atoms with E-state index in [0.717, 1.165) is 56.1 Å². The maximum Gasteiger partial charge on any atom is 0.228 e. The van der Waals surface area contributed by atoms with E-state index in [9.17, 15) is 4.79 Å². The van der Waals surface area contributed by atoms with Crippen LogP contribution in [-0.2, 0) is 17.6 Å². The maximum atomic E-state index is 11.6. The van der Waals surface area contributed by atoms with E-state index in [4.69, 9.17) is 4.74 Å². The summed E-state index contributed by atoms with van der Waals surface area (Å²) in [6.45, 7) is 5.34. The van der Waals surface area contributed by atoms with Crippen molar-refractivity contribution < 1.29 is 9.53 Å². The van der Waals surface area contributed by atoms with Gasteiger partial charge < -0.3 is 20.3 Å². The molecule has 1 saturated heterocycles. The molecule has 5 heteroatoms. The summed E-state index contributed by atoms with van der Waals surface area (Å²) < 4.78 is 5.34. The van der Waals surface area contributed by atoms with E-state index in [0.29, 0.717) is 6.42 Å². The van der Waals surface area contributed by atoms with E-state index in [1.165, 1.54) is 5.56 Å². The van der Waals surface area contributed by atoms with Gasteiger partial charge in [-0.3, -0.25) is 4.79 Å². The highest BCUT2D eigenvalue weighted by atomic mass is 16.5. The Morgan fingerprint density at radius 1 is 1.30 bits per heavy atom. The van der Waals surface area contributed by atoms with Gasteiger partial charge in [0.05, 0.1) is 13.5 Å². The van der Waals surface area contributed by atoms with E-state index < -0.39 is 0 Å². The zero-order valence-electron chi connectivity index (χ0n) is 11.9. The van der Waals surface area contributed by atoms with Crippen molar-refractivity contribution in [1.29, 1.82) is 0 Å². The molecule has 0 spiro atoms. The fourth-order valence-electron chi connectivity index (χ4n) is 2.92. The van der Waals surface area contributed by atoms with Crippen molar-refractivity contribution in [3.8, 4) is 5.75 Å². The first-order valence-electron chi connectivity index (χ1n) is 7.19. The molecule has 2 heterocycles. The number of benzene rings is 1. The van der Waals surface area contributed by atoms with Crippen LogP contribution in [0.2, 0.25) is 0 Å². The first-order valence-corrected chi connectivity index (χ1v) is 7.19. The molecule has 1 amide bonds. The summed E-state index contributed by atoms with van der Waals surface area (Å²) in [6, 6.07) is 4.01. The second-order valence-electron chi connectivity index (χ2n) is 5.39. The smallest absolute Gasteiger partial charge is 0.228 e. The molecule has 0 saturated carbocycles. The van der Waals surface area contributed by atoms with Gasteiger partial charge in [-0.15, -0.1) is 0 Å². The van der Waals surface area contributed by atoms with Gasteiger partial charge in [-0.25, -0.2) is 0 Å². The van der Waals surface area contributed by atoms with Gasteiger partial charge in [-0.05, 0) is 29.7 Å². The number of ether oxygens (including phenoxy) is 1. The molecule has 0 aliphatic carbocycles. The Kier molecular flexibility index (Phi) is 3.89. The summed E-state index contributed by atoms with van der Waals surface area (Å²) in [5.41, 5.74) is 3.25. The Labute approximate surface area is 119 Å². The maximum absolute atomic E-state index is 11.6. The van der Waals surface area contributed by atoms with Crippen LogP contribution in [-0.4, -0.2) is 50.6 Å². The fraction of sp³-hybridized carbons (Fsp3) is 0.533. The lowest BCUT2D eigenvalue weighted by atomic mass is 10.0. The van der Waals surface area contributed by atoms with Crippen LogP contribution in [0.3, 0.4) is 0 Å². The molecular weight excluding hydrogens is 254 g/mol. The predicted molar refractivity (Wildman–Crippen MR) is 78.3 cm³/mol. The van der Waals surface area contributed by atoms with Crippen LogP contribution in [0.5, 0.6) is 5.75 Å². The minimum atomic E-state index is 0.0803. The summed E-state index contributed by atoms with van der Waals surface area (Å²) in [6.07, 6.45) is 1.41. The van der Waals surface area contributed by atoms with Gasteiger partial charge in [-0.2, -0.15) is 0 Å². The number of piperazine rings is 1. The van der Waals surface area contributed by atoms with E-state index in [2.05, 4.69) is 15.5 Å². The third-order valence-corrected chi connectivity index (χ3v) is 4.03. The molecule has 1 aromatic carbocycles. The van der Waals surface area contributed by atoms with Crippen LogP contribution in [0.4, 0.5) is 5.69 Å². The van der Waals surface area contributed by atoms with Gasteiger partial charge in [0.15, 0.2) is 0 Å². The first-order chi connectivity index (χ1) is 9.76. The number of nitrogens with one attached hydrogen (secondary N) is 2. The van der Waals surface area contributed by atoms with Crippen LogP contribution in [0, 0.1) is 0 Å². The van der Waals surface area contributed by atoms with Gasteiger partial charge in [0, 0.05) is 38.4 Å². The Balaban J connectivity index is 1.74. The average Bonchev–Trinajstić information content (AvgIpc) is 2.86. The number of methoxy groups -OCH3 is 1. The van der Waals surface area contributed by atoms with Crippen molar-refractivity contribution in [2.24, 2.45) is 0 Å². The van der Waals surface area contributed by atoms with Crippen LogP contribution in [0.15, 0.2) is 12.1 Å². The second kappa shape index (κ2) is 5.81. The number of carbonyl (C=O) groups is 1. The molecule has 0 bridgehead atoms. The lowest BCUT2D eigenvalue weighted by Crippen LogP contribution is -2.44. The summed E-state index contributed by atoms with van der Waals surface area (Å²) in [7, 11) is 1.67. The number of amides is 1. The average molecular weight is 275 g/mol. The first kappa shape index (κ1) is 13.4. The standard InChI is InChI=1S/C15H21N3O2/c1-20-13-8-11(2-5-18-6-3-16-4-7-18)15-12(9-13)10-14(19)17-15/h8-9,16H,2-7,10H2,1H3,(H,17,19). The van der Waals surface area contributed by atoms with E-state index in [1.807, 2.05) is 12.1 Å². The summed E-state index contributed by atoms with van der Waals surface area (Å²) in [5, 5.41) is 6.34. The van der Waals surface area contributed by atoms with Crippen molar-refractivity contribution in [1.82, 2.24) is 10.2 Å². The van der Waals surface area contributed by atoms with E-state index in [-0.39, 0.29) is 5.91 Å². The molecule has 1 fully saturated rings. The summed E-state index contributed by atoms with van der Waals surface area (Å²) in [4.78, 5) is 14.0. The molecule has 2 aliphatic rings. The molecule has 2 N–H and O–H groups in total. The van der Waals surface area contributed by atoms with Crippen LogP contribution in [0.25, 0.3) is 0 Å². The number of fused-ring (bicyclic) bond motifs is 1. The Morgan fingerprint density at radius 2 is 2.10 bits per heavy atom. The second-order valence-corrected chi connectivity index (χ2v) is 5.39. The third kappa shape index (κ3) is 2.78. The molecule has 0 atom stereocenters. The fourth-order valence-corrected chi connectivity index (χ4v) is 2.92. The zero-order valence-corrected chi connectivity index (χ0v) is 11.9. The van der Waals surface area contributed by atoms with E-state index >= 15 is 0 Å². The lowest BCUT2D eigenvalue weighted by molar-refractivity contribution is -0.115. The van der Waals surface area contributed by atoms with Crippen LogP contribution in [0.1, 0.15) is 11.1 Å². The minimum absolute atomic E-state index is 0.0803. The minimum Gasteiger partial charge on any atom is -0.497 e. The molecule has 20 heavy (non-hydrogen) atoms. The highest BCUT2D eigenvalue weighted by molar-refractivity contribution is 6.00. The molecule has 0 aromatic heterocycles. The SMILES string of the molecule is COc1cc(CCN2CCNCC2)c2c(c1)CC(=O)N2. The molecule has 2 aliphatic heterocycles. The Morgan fingerprint density at radius 3 is 2.85 bits per heavy atom. The molecule has 108 valence electrons. The molecule has 1 aromatic rings. The number of hydrogen-bond donors (Lipinski definition) is 2. The molecule has 0 radical (unpaired) electrons. The monoisotopic (exact) mass is 275 g/mol. The van der Waals surface area contributed by atoms with Crippen molar-refractivity contribution >= 4 is 11.6 Å². The zero-order chi connectivity index (χ0) is 13.9. The van der Waals surface area contributed by atoms with Crippen molar-refractivity contribution in [2.45, 2.75) is 12.8 Å². The van der Waals surface area contributed by atoms with Gasteiger partial charge in [0.2, 0.25) is 5.91 Å². The summed E-state index contributed by atoms with van der Waals surface area (Å²) in [5.74, 6) is 0.923. The third-order valence-electron chi connectivity index (χ3n) is 4.03. The Hall–Kier alpha value is -1.59. The van der Waals surface area contributed by atoms with Crippen molar-refractivity contribution in [2.75, 3.05) is 45.2 Å². The topological polar surface area (TPSA) is 53.6 Å². The van der Waals surface area contributed by atoms with Gasteiger partial charge in [0.25, 0.3) is 0 Å². The number of rotatable bonds is 4. The number of hydrogen-bond acceptors (Lipinski definition) is 4. The highest BCUT2D eigenvalue weighted by Crippen LogP contribution is 2.32. The van der Waals surface area contributed by atoms with Crippen LogP contribution < -0.4 is 15.4 Å². The highest BCUT2D eigenvalue weighted by Gasteiger charge is 2.22. The molecule has 5 nitrogen and oxygen atoms in total. The molecule has 3 rings (SSSR count). The van der Waals surface area contributed by atoms with E-state index in [1.54, 1.807) is 7.11 Å². The Bertz CT molecular complexity index is 510. The number of anilines is 1. The lowest BCUT2D eigenvalue weighted by Gasteiger charge is -2.27. The van der Waals surface area contributed by atoms with Gasteiger partial charge >= 0.3 is 0 Å². The molecule has 0 unspecified atom stereocenters. The normalized spacial score (nSPS) is 18.8. The van der Waals surface area contributed by atoms with Crippen molar-refractivity contribution in [3.05, 3.63) is 23.3 Å². The number of nitrogens with zero attached hydrogens (tertiary/aromatic N) is 1. The summed E-state index contributed by atoms with van der Waals surface area (Å²) >= 11 is 0. The quantitative estimate of drug-likeness (QED) is 0.846.